The maximum absolute atomic E-state index is 8.91. The van der Waals surface area contributed by atoms with Crippen molar-refractivity contribution < 1.29 is 9.15 Å². The first-order valence-corrected chi connectivity index (χ1v) is 6.44. The minimum absolute atomic E-state index is 0.199. The third-order valence-corrected chi connectivity index (χ3v) is 3.13. The van der Waals surface area contributed by atoms with Crippen molar-refractivity contribution in [1.29, 1.82) is 5.26 Å². The van der Waals surface area contributed by atoms with Gasteiger partial charge >= 0.3 is 0 Å². The topological polar surface area (TPSA) is 85.1 Å². The third kappa shape index (κ3) is 2.65. The average molecular weight is 279 g/mol. The third-order valence-electron chi connectivity index (χ3n) is 3.13. The maximum Gasteiger partial charge on any atom is 0.233 e. The van der Waals surface area contributed by atoms with E-state index in [9.17, 15) is 0 Å². The number of oxazole rings is 1. The van der Waals surface area contributed by atoms with Gasteiger partial charge in [-0.3, -0.25) is 0 Å². The second kappa shape index (κ2) is 5.17. The van der Waals surface area contributed by atoms with E-state index in [-0.39, 0.29) is 6.61 Å². The largest absolute Gasteiger partial charge is 0.484 e. The molecule has 0 aliphatic rings. The van der Waals surface area contributed by atoms with E-state index < -0.39 is 0 Å². The molecule has 104 valence electrons. The van der Waals surface area contributed by atoms with Crippen molar-refractivity contribution in [2.24, 2.45) is 0 Å². The zero-order valence-electron chi connectivity index (χ0n) is 11.5. The smallest absolute Gasteiger partial charge is 0.233 e. The number of aryl methyl sites for hydroxylation is 1. The quantitative estimate of drug-likeness (QED) is 0.744. The van der Waals surface area contributed by atoms with Gasteiger partial charge in [0, 0.05) is 11.8 Å². The van der Waals surface area contributed by atoms with Gasteiger partial charge in [-0.15, -0.1) is 0 Å². The number of nitrogen functional groups attached to an aromatic ring is 1. The summed E-state index contributed by atoms with van der Waals surface area (Å²) in [4.78, 5) is 4.33. The highest BCUT2D eigenvalue weighted by molar-refractivity contribution is 5.76. The lowest BCUT2D eigenvalue weighted by molar-refractivity contribution is 0.265. The van der Waals surface area contributed by atoms with E-state index in [2.05, 4.69) is 11.1 Å². The lowest BCUT2D eigenvalue weighted by Gasteiger charge is -2.07. The molecule has 0 spiro atoms. The van der Waals surface area contributed by atoms with Crippen LogP contribution in [-0.2, 0) is 6.61 Å². The molecule has 0 unspecified atom stereocenters. The molecule has 0 bridgehead atoms. The van der Waals surface area contributed by atoms with Crippen LogP contribution in [0.25, 0.3) is 11.1 Å². The summed E-state index contributed by atoms with van der Waals surface area (Å²) in [5, 5.41) is 8.91. The molecule has 0 saturated heterocycles. The summed E-state index contributed by atoms with van der Waals surface area (Å²) < 4.78 is 11.3. The van der Waals surface area contributed by atoms with Crippen molar-refractivity contribution in [2.75, 3.05) is 5.73 Å². The van der Waals surface area contributed by atoms with E-state index in [1.165, 1.54) is 0 Å². The van der Waals surface area contributed by atoms with Gasteiger partial charge in [0.15, 0.2) is 12.2 Å². The van der Waals surface area contributed by atoms with Crippen molar-refractivity contribution in [2.45, 2.75) is 13.5 Å². The van der Waals surface area contributed by atoms with Crippen molar-refractivity contribution in [3.8, 4) is 11.8 Å². The van der Waals surface area contributed by atoms with Gasteiger partial charge in [-0.25, -0.2) is 4.98 Å². The summed E-state index contributed by atoms with van der Waals surface area (Å²) in [6.07, 6.45) is 0. The van der Waals surface area contributed by atoms with E-state index in [0.717, 1.165) is 11.1 Å². The summed E-state index contributed by atoms with van der Waals surface area (Å²) in [5.74, 6) is 1.12. The number of anilines is 1. The Bertz CT molecular complexity index is 846. The molecule has 5 heteroatoms. The normalized spacial score (nSPS) is 10.5. The molecule has 0 amide bonds. The van der Waals surface area contributed by atoms with Gasteiger partial charge in [-0.2, -0.15) is 5.26 Å². The number of aromatic nitrogens is 1. The first-order chi connectivity index (χ1) is 10.2. The number of rotatable bonds is 3. The van der Waals surface area contributed by atoms with Gasteiger partial charge in [0.25, 0.3) is 0 Å². The van der Waals surface area contributed by atoms with E-state index in [1.807, 2.05) is 13.0 Å². The molecule has 2 aromatic carbocycles. The van der Waals surface area contributed by atoms with Crippen LogP contribution >= 0.6 is 0 Å². The number of hydrogen-bond acceptors (Lipinski definition) is 5. The van der Waals surface area contributed by atoms with Crippen molar-refractivity contribution in [3.63, 3.8) is 0 Å². The fourth-order valence-electron chi connectivity index (χ4n) is 2.02. The highest BCUT2D eigenvalue weighted by Gasteiger charge is 2.08. The summed E-state index contributed by atoms with van der Waals surface area (Å²) >= 11 is 0. The Morgan fingerprint density at radius 2 is 2.14 bits per heavy atom. The molecule has 1 aromatic heterocycles. The fraction of sp³-hybridized carbons (Fsp3) is 0.125. The number of hydrogen-bond donors (Lipinski definition) is 1. The molecule has 2 N–H and O–H groups in total. The van der Waals surface area contributed by atoms with Crippen molar-refractivity contribution in [1.82, 2.24) is 4.98 Å². The number of nitrogens with two attached hydrogens (primary N) is 1. The first kappa shape index (κ1) is 13.0. The summed E-state index contributed by atoms with van der Waals surface area (Å²) in [6.45, 7) is 2.12. The fourth-order valence-corrected chi connectivity index (χ4v) is 2.02. The van der Waals surface area contributed by atoms with Gasteiger partial charge in [-0.05, 0) is 36.8 Å². The molecule has 0 radical (unpaired) electrons. The van der Waals surface area contributed by atoms with E-state index in [1.54, 1.807) is 30.3 Å². The Balaban J connectivity index is 1.82. The second-order valence-electron chi connectivity index (χ2n) is 4.72. The number of nitrogens with zero attached hydrogens (tertiary/aromatic N) is 2. The summed E-state index contributed by atoms with van der Waals surface area (Å²) in [7, 11) is 0. The lowest BCUT2D eigenvalue weighted by atomic mass is 10.1. The van der Waals surface area contributed by atoms with E-state index >= 15 is 0 Å². The van der Waals surface area contributed by atoms with E-state index in [0.29, 0.717) is 28.5 Å². The van der Waals surface area contributed by atoms with Crippen molar-refractivity contribution in [3.05, 3.63) is 53.4 Å². The highest BCUT2D eigenvalue weighted by atomic mass is 16.5. The van der Waals surface area contributed by atoms with Crippen LogP contribution in [0.5, 0.6) is 5.75 Å². The predicted octanol–water partition coefficient (Wildman–Crippen LogP) is 3.17. The number of nitriles is 1. The van der Waals surface area contributed by atoms with Crippen LogP contribution in [0.4, 0.5) is 5.69 Å². The number of benzene rings is 2. The molecular weight excluding hydrogens is 266 g/mol. The molecule has 0 aliphatic carbocycles. The molecule has 3 rings (SSSR count). The molecular formula is C16H13N3O2. The Kier molecular flexibility index (Phi) is 3.20. The van der Waals surface area contributed by atoms with Crippen LogP contribution in [0.1, 0.15) is 17.0 Å². The van der Waals surface area contributed by atoms with Crippen LogP contribution in [-0.4, -0.2) is 4.98 Å². The summed E-state index contributed by atoms with van der Waals surface area (Å²) in [5.41, 5.74) is 9.21. The minimum Gasteiger partial charge on any atom is -0.484 e. The molecule has 0 saturated carbocycles. The molecule has 5 nitrogen and oxygen atoms in total. The molecule has 0 fully saturated rings. The van der Waals surface area contributed by atoms with Crippen LogP contribution in [0, 0.1) is 18.3 Å². The standard InChI is InChI=1S/C16H13N3O2/c1-10-2-3-11(8-17)6-14(10)20-9-16-19-13-5-4-12(18)7-15(13)21-16/h2-7H,9,18H2,1H3. The van der Waals surface area contributed by atoms with Gasteiger partial charge in [-0.1, -0.05) is 6.07 Å². The van der Waals surface area contributed by atoms with Crippen LogP contribution < -0.4 is 10.5 Å². The van der Waals surface area contributed by atoms with Crippen LogP contribution in [0.15, 0.2) is 40.8 Å². The highest BCUT2D eigenvalue weighted by Crippen LogP contribution is 2.22. The number of ether oxygens (including phenoxy) is 1. The molecule has 3 aromatic rings. The Labute approximate surface area is 121 Å². The Morgan fingerprint density at radius 1 is 1.29 bits per heavy atom. The molecule has 0 aliphatic heterocycles. The lowest BCUT2D eigenvalue weighted by Crippen LogP contribution is -1.97. The zero-order valence-corrected chi connectivity index (χ0v) is 11.5. The first-order valence-electron chi connectivity index (χ1n) is 6.44. The van der Waals surface area contributed by atoms with Crippen LogP contribution in [0.2, 0.25) is 0 Å². The minimum atomic E-state index is 0.199. The second-order valence-corrected chi connectivity index (χ2v) is 4.72. The zero-order chi connectivity index (χ0) is 14.8. The van der Waals surface area contributed by atoms with Gasteiger partial charge in [0.1, 0.15) is 11.3 Å². The Hall–Kier alpha value is -3.00. The van der Waals surface area contributed by atoms with Crippen LogP contribution in [0.3, 0.4) is 0 Å². The molecule has 1 heterocycles. The Morgan fingerprint density at radius 3 is 2.95 bits per heavy atom. The maximum atomic E-state index is 8.91. The monoisotopic (exact) mass is 279 g/mol. The predicted molar refractivity (Wildman–Crippen MR) is 78.6 cm³/mol. The molecule has 0 atom stereocenters. The van der Waals surface area contributed by atoms with Gasteiger partial charge in [0.05, 0.1) is 11.6 Å². The van der Waals surface area contributed by atoms with E-state index in [4.69, 9.17) is 20.1 Å². The average Bonchev–Trinajstić information content (AvgIpc) is 2.88. The van der Waals surface area contributed by atoms with Crippen molar-refractivity contribution >= 4 is 16.8 Å². The molecule has 21 heavy (non-hydrogen) atoms. The summed E-state index contributed by atoms with van der Waals surface area (Å²) in [6, 6.07) is 12.7. The SMILES string of the molecule is Cc1ccc(C#N)cc1OCc1nc2ccc(N)cc2o1. The van der Waals surface area contributed by atoms with Gasteiger partial charge < -0.3 is 14.9 Å². The number of fused-ring (bicyclic) bond motifs is 1. The van der Waals surface area contributed by atoms with Gasteiger partial charge in [0.2, 0.25) is 5.89 Å².